The van der Waals surface area contributed by atoms with Crippen LogP contribution in [0.3, 0.4) is 0 Å². The first kappa shape index (κ1) is 13.5. The molecule has 0 saturated carbocycles. The Labute approximate surface area is 108 Å². The van der Waals surface area contributed by atoms with E-state index in [0.717, 1.165) is 0 Å². The molecule has 2 rings (SSSR count). The van der Waals surface area contributed by atoms with E-state index in [-0.39, 0.29) is 16.0 Å². The Balaban J connectivity index is 1.90. The van der Waals surface area contributed by atoms with Crippen LogP contribution in [-0.2, 0) is 0 Å². The molecule has 1 heterocycles. The summed E-state index contributed by atoms with van der Waals surface area (Å²) in [6.45, 7) is 7.10. The first-order valence-corrected chi connectivity index (χ1v) is 10.0. The molecule has 1 aliphatic rings. The summed E-state index contributed by atoms with van der Waals surface area (Å²) in [5, 5.41) is 1.62. The molecule has 0 unspecified atom stereocenters. The van der Waals surface area contributed by atoms with Crippen LogP contribution in [0.15, 0.2) is 30.3 Å². The van der Waals surface area contributed by atoms with E-state index in [4.69, 9.17) is 0 Å². The minimum atomic E-state index is 0.161. The SMILES string of the molecule is CCN(CC)P1CCP(c2ccccc2)CC1. The highest BCUT2D eigenvalue weighted by Crippen LogP contribution is 2.51. The third kappa shape index (κ3) is 3.50. The lowest BCUT2D eigenvalue weighted by atomic mass is 10.4. The number of hydrogen-bond donors (Lipinski definition) is 0. The summed E-state index contributed by atoms with van der Waals surface area (Å²) in [4.78, 5) is 0. The minimum absolute atomic E-state index is 0.161. The van der Waals surface area contributed by atoms with Crippen molar-refractivity contribution in [1.29, 1.82) is 0 Å². The van der Waals surface area contributed by atoms with Crippen molar-refractivity contribution in [1.82, 2.24) is 4.67 Å². The average molecular weight is 267 g/mol. The van der Waals surface area contributed by atoms with Gasteiger partial charge in [0.15, 0.2) is 0 Å². The summed E-state index contributed by atoms with van der Waals surface area (Å²) in [6, 6.07) is 11.2. The van der Waals surface area contributed by atoms with E-state index in [1.165, 1.54) is 37.7 Å². The van der Waals surface area contributed by atoms with Crippen LogP contribution in [0, 0.1) is 0 Å². The van der Waals surface area contributed by atoms with Crippen molar-refractivity contribution in [3.8, 4) is 0 Å². The van der Waals surface area contributed by atoms with Crippen LogP contribution in [0.25, 0.3) is 0 Å². The lowest BCUT2D eigenvalue weighted by Crippen LogP contribution is -2.25. The normalized spacial score (nSPS) is 25.1. The zero-order valence-corrected chi connectivity index (χ0v) is 12.8. The molecule has 0 bridgehead atoms. The molecule has 94 valence electrons. The Morgan fingerprint density at radius 2 is 1.53 bits per heavy atom. The first-order chi connectivity index (χ1) is 8.35. The van der Waals surface area contributed by atoms with Gasteiger partial charge in [0.1, 0.15) is 0 Å². The van der Waals surface area contributed by atoms with Crippen molar-refractivity contribution in [2.75, 3.05) is 37.7 Å². The van der Waals surface area contributed by atoms with Crippen molar-refractivity contribution in [2.45, 2.75) is 13.8 Å². The van der Waals surface area contributed by atoms with Crippen LogP contribution in [-0.4, -0.2) is 42.4 Å². The largest absolute Gasteiger partial charge is 0.282 e. The second-order valence-corrected chi connectivity index (χ2v) is 9.38. The fourth-order valence-corrected chi connectivity index (χ4v) is 9.20. The summed E-state index contributed by atoms with van der Waals surface area (Å²) < 4.78 is 2.70. The Bertz CT molecular complexity index is 316. The molecule has 0 spiro atoms. The van der Waals surface area contributed by atoms with Gasteiger partial charge in [-0.15, -0.1) is 0 Å². The third-order valence-corrected chi connectivity index (χ3v) is 9.61. The lowest BCUT2D eigenvalue weighted by Gasteiger charge is -2.36. The predicted molar refractivity (Wildman–Crippen MR) is 82.3 cm³/mol. The maximum absolute atomic E-state index is 2.70. The van der Waals surface area contributed by atoms with Gasteiger partial charge in [0.05, 0.1) is 0 Å². The molecule has 0 aliphatic carbocycles. The maximum Gasteiger partial charge on any atom is -0.000766 e. The van der Waals surface area contributed by atoms with Crippen LogP contribution in [0.1, 0.15) is 13.8 Å². The fraction of sp³-hybridized carbons (Fsp3) is 0.571. The second kappa shape index (κ2) is 6.83. The molecule has 17 heavy (non-hydrogen) atoms. The van der Waals surface area contributed by atoms with E-state index >= 15 is 0 Å². The predicted octanol–water partition coefficient (Wildman–Crippen LogP) is 3.55. The van der Waals surface area contributed by atoms with E-state index in [9.17, 15) is 0 Å². The second-order valence-electron chi connectivity index (χ2n) is 4.42. The molecule has 0 amide bonds. The summed E-state index contributed by atoms with van der Waals surface area (Å²) >= 11 is 0. The van der Waals surface area contributed by atoms with Gasteiger partial charge >= 0.3 is 0 Å². The van der Waals surface area contributed by atoms with Gasteiger partial charge in [-0.25, -0.2) is 0 Å². The Kier molecular flexibility index (Phi) is 5.42. The van der Waals surface area contributed by atoms with Gasteiger partial charge in [0, 0.05) is 0 Å². The minimum Gasteiger partial charge on any atom is -0.282 e. The quantitative estimate of drug-likeness (QED) is 0.754. The Morgan fingerprint density at radius 3 is 2.06 bits per heavy atom. The van der Waals surface area contributed by atoms with E-state index in [0.29, 0.717) is 0 Å². The molecular weight excluding hydrogens is 244 g/mol. The highest BCUT2D eigenvalue weighted by molar-refractivity contribution is 7.69. The number of nitrogens with zero attached hydrogens (tertiary/aromatic N) is 1. The molecule has 3 heteroatoms. The van der Waals surface area contributed by atoms with Gasteiger partial charge in [0.2, 0.25) is 0 Å². The van der Waals surface area contributed by atoms with Gasteiger partial charge in [-0.1, -0.05) is 52.1 Å². The number of hydrogen-bond acceptors (Lipinski definition) is 1. The van der Waals surface area contributed by atoms with Gasteiger partial charge < -0.3 is 0 Å². The van der Waals surface area contributed by atoms with Crippen LogP contribution < -0.4 is 5.30 Å². The van der Waals surface area contributed by atoms with Gasteiger partial charge in [0.25, 0.3) is 0 Å². The van der Waals surface area contributed by atoms with Crippen LogP contribution >= 0.6 is 16.0 Å². The molecular formula is C14H23NP2. The van der Waals surface area contributed by atoms with Crippen molar-refractivity contribution < 1.29 is 0 Å². The summed E-state index contributed by atoms with van der Waals surface area (Å²) in [6.07, 6.45) is 5.86. The fourth-order valence-electron chi connectivity index (χ4n) is 2.50. The lowest BCUT2D eigenvalue weighted by molar-refractivity contribution is 0.506. The Hall–Kier alpha value is 0.0400. The molecule has 0 aromatic heterocycles. The monoisotopic (exact) mass is 267 g/mol. The molecule has 1 aromatic rings. The average Bonchev–Trinajstić information content (AvgIpc) is 2.42. The molecule has 1 nitrogen and oxygen atoms in total. The van der Waals surface area contributed by atoms with Crippen LogP contribution in [0.5, 0.6) is 0 Å². The van der Waals surface area contributed by atoms with Gasteiger partial charge in [-0.3, -0.25) is 4.67 Å². The zero-order chi connectivity index (χ0) is 12.1. The highest BCUT2D eigenvalue weighted by Gasteiger charge is 2.24. The van der Waals surface area contributed by atoms with E-state index in [1.807, 2.05) is 0 Å². The first-order valence-electron chi connectivity index (χ1n) is 6.65. The molecule has 0 N–H and O–H groups in total. The third-order valence-electron chi connectivity index (χ3n) is 3.51. The summed E-state index contributed by atoms with van der Waals surface area (Å²) in [5.41, 5.74) is 0. The van der Waals surface area contributed by atoms with E-state index in [1.54, 1.807) is 5.30 Å². The number of benzene rings is 1. The summed E-state index contributed by atoms with van der Waals surface area (Å²) in [7, 11) is 0.358. The smallest absolute Gasteiger partial charge is 0.000766 e. The van der Waals surface area contributed by atoms with Gasteiger partial charge in [-0.2, -0.15) is 0 Å². The zero-order valence-electron chi connectivity index (χ0n) is 11.0. The molecule has 0 atom stereocenters. The van der Waals surface area contributed by atoms with Crippen molar-refractivity contribution in [3.05, 3.63) is 30.3 Å². The maximum atomic E-state index is 2.70. The van der Waals surface area contributed by atoms with E-state index < -0.39 is 0 Å². The molecule has 1 aromatic carbocycles. The standard InChI is InChI=1S/C14H23NP2/c1-3-15(4-2)17-12-10-16(11-13-17)14-8-6-5-7-9-14/h5-9H,3-4,10-13H2,1-2H3. The molecule has 1 fully saturated rings. The number of rotatable bonds is 4. The van der Waals surface area contributed by atoms with Crippen LogP contribution in [0.4, 0.5) is 0 Å². The topological polar surface area (TPSA) is 3.24 Å². The highest BCUT2D eigenvalue weighted by atomic mass is 31.1. The van der Waals surface area contributed by atoms with E-state index in [2.05, 4.69) is 48.8 Å². The molecule has 1 saturated heterocycles. The Morgan fingerprint density at radius 1 is 0.941 bits per heavy atom. The van der Waals surface area contributed by atoms with Gasteiger partial charge in [-0.05, 0) is 51.1 Å². The van der Waals surface area contributed by atoms with Crippen molar-refractivity contribution in [3.63, 3.8) is 0 Å². The summed E-state index contributed by atoms with van der Waals surface area (Å²) in [5.74, 6) is 0. The molecule has 0 radical (unpaired) electrons. The molecule has 1 aliphatic heterocycles. The van der Waals surface area contributed by atoms with Crippen molar-refractivity contribution >= 4 is 21.3 Å². The van der Waals surface area contributed by atoms with Crippen molar-refractivity contribution in [2.24, 2.45) is 0 Å². The van der Waals surface area contributed by atoms with Crippen LogP contribution in [0.2, 0.25) is 0 Å².